The second-order valence-electron chi connectivity index (χ2n) is 4.02. The maximum Gasteiger partial charge on any atom is 0.270 e. The van der Waals surface area contributed by atoms with Gasteiger partial charge < -0.3 is 10.6 Å². The summed E-state index contributed by atoms with van der Waals surface area (Å²) in [7, 11) is 1.86. The summed E-state index contributed by atoms with van der Waals surface area (Å²) < 4.78 is 0.576. The molecule has 0 fully saturated rings. The third kappa shape index (κ3) is 5.35. The van der Waals surface area contributed by atoms with Crippen LogP contribution in [0, 0.1) is 10.1 Å². The van der Waals surface area contributed by atoms with Crippen LogP contribution in [0.15, 0.2) is 22.7 Å². The summed E-state index contributed by atoms with van der Waals surface area (Å²) in [6.07, 6.45) is 1.07. The van der Waals surface area contributed by atoms with Crippen LogP contribution in [0.25, 0.3) is 0 Å². The SMILES string of the molecule is CNCCCNC(=O)Cc1ccc([N+](=O)[O-])cc1Br. The van der Waals surface area contributed by atoms with E-state index in [4.69, 9.17) is 0 Å². The number of nitrogens with one attached hydrogen (secondary N) is 2. The fourth-order valence-corrected chi connectivity index (χ4v) is 2.03. The topological polar surface area (TPSA) is 84.3 Å². The molecule has 2 N–H and O–H groups in total. The molecule has 0 unspecified atom stereocenters. The fraction of sp³-hybridized carbons (Fsp3) is 0.417. The zero-order valence-electron chi connectivity index (χ0n) is 10.6. The molecule has 1 amide bonds. The van der Waals surface area contributed by atoms with Gasteiger partial charge in [0.05, 0.1) is 11.3 Å². The number of benzene rings is 1. The van der Waals surface area contributed by atoms with Gasteiger partial charge in [-0.25, -0.2) is 0 Å². The highest BCUT2D eigenvalue weighted by molar-refractivity contribution is 9.10. The van der Waals surface area contributed by atoms with Crippen molar-refractivity contribution in [3.05, 3.63) is 38.3 Å². The number of rotatable bonds is 7. The Morgan fingerprint density at radius 3 is 2.74 bits per heavy atom. The van der Waals surface area contributed by atoms with Crippen LogP contribution in [-0.2, 0) is 11.2 Å². The van der Waals surface area contributed by atoms with Gasteiger partial charge in [0.2, 0.25) is 5.91 Å². The van der Waals surface area contributed by atoms with Gasteiger partial charge in [0.15, 0.2) is 0 Å². The van der Waals surface area contributed by atoms with Crippen molar-refractivity contribution in [2.45, 2.75) is 12.8 Å². The van der Waals surface area contributed by atoms with Crippen LogP contribution in [0.5, 0.6) is 0 Å². The van der Waals surface area contributed by atoms with E-state index in [0.29, 0.717) is 11.0 Å². The van der Waals surface area contributed by atoms with Crippen molar-refractivity contribution in [3.8, 4) is 0 Å². The van der Waals surface area contributed by atoms with Gasteiger partial charge in [0, 0.05) is 23.2 Å². The molecular formula is C12H16BrN3O3. The van der Waals surface area contributed by atoms with Gasteiger partial charge in [0.25, 0.3) is 5.69 Å². The first kappa shape index (κ1) is 15.6. The number of carbonyl (C=O) groups is 1. The first-order valence-corrected chi connectivity index (χ1v) is 6.68. The van der Waals surface area contributed by atoms with Gasteiger partial charge in [-0.3, -0.25) is 14.9 Å². The molecule has 104 valence electrons. The van der Waals surface area contributed by atoms with Gasteiger partial charge in [-0.05, 0) is 25.6 Å². The molecule has 0 atom stereocenters. The molecule has 0 aromatic heterocycles. The van der Waals surface area contributed by atoms with Crippen LogP contribution < -0.4 is 10.6 Å². The molecule has 7 heteroatoms. The lowest BCUT2D eigenvalue weighted by Gasteiger charge is -2.06. The molecule has 1 rings (SSSR count). The number of halogens is 1. The Morgan fingerprint density at radius 1 is 1.42 bits per heavy atom. The number of hydrogen-bond donors (Lipinski definition) is 2. The highest BCUT2D eigenvalue weighted by atomic mass is 79.9. The van der Waals surface area contributed by atoms with E-state index in [0.717, 1.165) is 18.5 Å². The van der Waals surface area contributed by atoms with Crippen molar-refractivity contribution in [2.24, 2.45) is 0 Å². The van der Waals surface area contributed by atoms with Gasteiger partial charge in [-0.15, -0.1) is 0 Å². The van der Waals surface area contributed by atoms with Gasteiger partial charge in [-0.1, -0.05) is 22.0 Å². The molecular weight excluding hydrogens is 314 g/mol. The van der Waals surface area contributed by atoms with E-state index < -0.39 is 4.92 Å². The lowest BCUT2D eigenvalue weighted by molar-refractivity contribution is -0.384. The Morgan fingerprint density at radius 2 is 2.16 bits per heavy atom. The van der Waals surface area contributed by atoms with Crippen LogP contribution in [0.4, 0.5) is 5.69 Å². The first-order chi connectivity index (χ1) is 9.04. The van der Waals surface area contributed by atoms with Gasteiger partial charge in [0.1, 0.15) is 0 Å². The van der Waals surface area contributed by atoms with Crippen molar-refractivity contribution in [3.63, 3.8) is 0 Å². The Hall–Kier alpha value is -1.47. The van der Waals surface area contributed by atoms with E-state index in [1.54, 1.807) is 6.07 Å². The van der Waals surface area contributed by atoms with Crippen LogP contribution in [0.2, 0.25) is 0 Å². The molecule has 0 aliphatic heterocycles. The molecule has 0 spiro atoms. The second-order valence-corrected chi connectivity index (χ2v) is 4.87. The first-order valence-electron chi connectivity index (χ1n) is 5.88. The quantitative estimate of drug-likeness (QED) is 0.452. The van der Waals surface area contributed by atoms with E-state index in [1.807, 2.05) is 7.05 Å². The minimum atomic E-state index is -0.466. The van der Waals surface area contributed by atoms with Crippen molar-refractivity contribution < 1.29 is 9.72 Å². The highest BCUT2D eigenvalue weighted by Crippen LogP contribution is 2.23. The number of nitro groups is 1. The van der Waals surface area contributed by atoms with Crippen molar-refractivity contribution >= 4 is 27.5 Å². The maximum atomic E-state index is 11.7. The third-order valence-electron chi connectivity index (χ3n) is 2.52. The number of hydrogen-bond acceptors (Lipinski definition) is 4. The predicted molar refractivity (Wildman–Crippen MR) is 76.1 cm³/mol. The molecule has 6 nitrogen and oxygen atoms in total. The Balaban J connectivity index is 2.52. The predicted octanol–water partition coefficient (Wildman–Crippen LogP) is 1.63. The van der Waals surface area contributed by atoms with Crippen LogP contribution in [-0.4, -0.2) is 31.0 Å². The van der Waals surface area contributed by atoms with Gasteiger partial charge in [-0.2, -0.15) is 0 Å². The Kier molecular flexibility index (Phi) is 6.44. The third-order valence-corrected chi connectivity index (χ3v) is 3.26. The molecule has 0 aliphatic rings. The lowest BCUT2D eigenvalue weighted by atomic mass is 10.1. The van der Waals surface area contributed by atoms with Crippen LogP contribution >= 0.6 is 15.9 Å². The van der Waals surface area contributed by atoms with E-state index in [-0.39, 0.29) is 18.0 Å². The molecule has 0 aliphatic carbocycles. The summed E-state index contributed by atoms with van der Waals surface area (Å²) >= 11 is 3.24. The van der Waals surface area contributed by atoms with Crippen LogP contribution in [0.3, 0.4) is 0 Å². The van der Waals surface area contributed by atoms with Crippen LogP contribution in [0.1, 0.15) is 12.0 Å². The monoisotopic (exact) mass is 329 g/mol. The van der Waals surface area contributed by atoms with Gasteiger partial charge >= 0.3 is 0 Å². The average Bonchev–Trinajstić information content (AvgIpc) is 2.37. The second kappa shape index (κ2) is 7.85. The minimum Gasteiger partial charge on any atom is -0.356 e. The normalized spacial score (nSPS) is 10.2. The molecule has 1 aromatic rings. The Bertz CT molecular complexity index is 466. The average molecular weight is 330 g/mol. The molecule has 0 heterocycles. The summed E-state index contributed by atoms with van der Waals surface area (Å²) in [5.74, 6) is -0.0920. The molecule has 0 bridgehead atoms. The van der Waals surface area contributed by atoms with E-state index in [9.17, 15) is 14.9 Å². The van der Waals surface area contributed by atoms with Crippen molar-refractivity contribution in [2.75, 3.05) is 20.1 Å². The molecule has 0 saturated carbocycles. The number of non-ortho nitro benzene ring substituents is 1. The summed E-state index contributed by atoms with van der Waals surface area (Å²) in [5, 5.41) is 16.4. The molecule has 19 heavy (non-hydrogen) atoms. The zero-order chi connectivity index (χ0) is 14.3. The zero-order valence-corrected chi connectivity index (χ0v) is 12.2. The van der Waals surface area contributed by atoms with E-state index in [1.165, 1.54) is 12.1 Å². The smallest absolute Gasteiger partial charge is 0.270 e. The lowest BCUT2D eigenvalue weighted by Crippen LogP contribution is -2.28. The van der Waals surface area contributed by atoms with Crippen molar-refractivity contribution in [1.29, 1.82) is 0 Å². The van der Waals surface area contributed by atoms with Crippen molar-refractivity contribution in [1.82, 2.24) is 10.6 Å². The fourth-order valence-electron chi connectivity index (χ4n) is 1.52. The standard InChI is InChI=1S/C12H16BrN3O3/c1-14-5-2-6-15-12(17)7-9-3-4-10(16(18)19)8-11(9)13/h3-4,8,14H,2,5-7H2,1H3,(H,15,17). The number of nitro benzene ring substituents is 1. The largest absolute Gasteiger partial charge is 0.356 e. The maximum absolute atomic E-state index is 11.7. The minimum absolute atomic E-state index is 0.00468. The number of carbonyl (C=O) groups excluding carboxylic acids is 1. The number of nitrogens with zero attached hydrogens (tertiary/aromatic N) is 1. The number of amides is 1. The summed E-state index contributed by atoms with van der Waals surface area (Å²) in [6.45, 7) is 1.46. The molecule has 0 saturated heterocycles. The summed E-state index contributed by atoms with van der Waals surface area (Å²) in [5.41, 5.74) is 0.738. The highest BCUT2D eigenvalue weighted by Gasteiger charge is 2.11. The van der Waals surface area contributed by atoms with E-state index >= 15 is 0 Å². The summed E-state index contributed by atoms with van der Waals surface area (Å²) in [4.78, 5) is 21.8. The molecule has 0 radical (unpaired) electrons. The summed E-state index contributed by atoms with van der Waals surface area (Å²) in [6, 6.07) is 4.40. The Labute approximate surface area is 119 Å². The van der Waals surface area contributed by atoms with E-state index in [2.05, 4.69) is 26.6 Å². The molecule has 1 aromatic carbocycles.